The quantitative estimate of drug-likeness (QED) is 0.533. The van der Waals surface area contributed by atoms with Gasteiger partial charge in [0.1, 0.15) is 5.60 Å². The number of pyridine rings is 1. The first-order valence-electron chi connectivity index (χ1n) is 9.48. The maximum atomic E-state index is 12.7. The predicted molar refractivity (Wildman–Crippen MR) is 122 cm³/mol. The Hall–Kier alpha value is -3.32. The average molecular weight is 419 g/mol. The second-order valence-corrected chi connectivity index (χ2v) is 8.81. The predicted octanol–water partition coefficient (Wildman–Crippen LogP) is 5.65. The van der Waals surface area contributed by atoms with Crippen LogP contribution in [-0.4, -0.2) is 26.8 Å². The van der Waals surface area contributed by atoms with Gasteiger partial charge in [0.05, 0.1) is 21.8 Å². The van der Waals surface area contributed by atoms with Crippen LogP contribution in [0.4, 0.5) is 5.82 Å². The molecule has 0 atom stereocenters. The van der Waals surface area contributed by atoms with Crippen LogP contribution in [0.5, 0.6) is 0 Å². The van der Waals surface area contributed by atoms with Crippen molar-refractivity contribution >= 4 is 34.5 Å². The normalized spacial score (nSPS) is 14.0. The van der Waals surface area contributed by atoms with Crippen LogP contribution in [0.3, 0.4) is 0 Å². The van der Waals surface area contributed by atoms with Crippen molar-refractivity contribution in [1.82, 2.24) is 15.2 Å². The third-order valence-electron chi connectivity index (χ3n) is 4.30. The van der Waals surface area contributed by atoms with Crippen LogP contribution in [0, 0.1) is 0 Å². The minimum absolute atomic E-state index is 0.398. The molecule has 0 aliphatic carbocycles. The van der Waals surface area contributed by atoms with Crippen LogP contribution in [0.1, 0.15) is 31.1 Å². The molecule has 6 nitrogen and oxygen atoms in total. The highest BCUT2D eigenvalue weighted by Gasteiger charge is 2.22. The summed E-state index contributed by atoms with van der Waals surface area (Å²) in [5, 5.41) is 14.6. The van der Waals surface area contributed by atoms with Crippen LogP contribution in [0.25, 0.3) is 22.2 Å². The summed E-state index contributed by atoms with van der Waals surface area (Å²) >= 11 is 1.57. The number of fused-ring (bicyclic) bond motifs is 1. The van der Waals surface area contributed by atoms with Crippen LogP contribution in [0.2, 0.25) is 0 Å². The van der Waals surface area contributed by atoms with E-state index in [1.165, 1.54) is 0 Å². The van der Waals surface area contributed by atoms with E-state index in [0.717, 1.165) is 27.1 Å². The summed E-state index contributed by atoms with van der Waals surface area (Å²) in [7, 11) is 0. The van der Waals surface area contributed by atoms with Gasteiger partial charge in [-0.15, -0.1) is 0 Å². The first-order valence-corrected chi connectivity index (χ1v) is 10.4. The summed E-state index contributed by atoms with van der Waals surface area (Å²) in [6.45, 7) is 9.50. The van der Waals surface area contributed by atoms with Gasteiger partial charge >= 0.3 is 5.97 Å². The molecule has 0 fully saturated rings. The van der Waals surface area contributed by atoms with E-state index in [0.29, 0.717) is 17.1 Å². The first-order chi connectivity index (χ1) is 14.3. The Balaban J connectivity index is 1.71. The van der Waals surface area contributed by atoms with Gasteiger partial charge in [-0.25, -0.2) is 4.79 Å². The van der Waals surface area contributed by atoms with Crippen molar-refractivity contribution in [3.63, 3.8) is 0 Å². The molecule has 0 amide bonds. The monoisotopic (exact) mass is 418 g/mol. The van der Waals surface area contributed by atoms with E-state index in [2.05, 4.69) is 27.1 Å². The molecule has 4 rings (SSSR count). The molecule has 0 saturated heterocycles. The minimum Gasteiger partial charge on any atom is -0.456 e. The van der Waals surface area contributed by atoms with Crippen molar-refractivity contribution in [2.45, 2.75) is 26.4 Å². The molecule has 3 aromatic rings. The summed E-state index contributed by atoms with van der Waals surface area (Å²) in [4.78, 5) is 17.2. The standard InChI is InChI=1S/C23H22N4O2S/c1-14-9-11-30-19(12-14)25-21-17-13-15(7-8-18(17)26-27-21)20-16(6-5-10-24-20)22(28)29-23(2,3)4/h5-13H,1H2,2-4H3,(H2,25,26,27). The number of carbonyl (C=O) groups excluding carboxylic acids is 1. The molecule has 0 radical (unpaired) electrons. The van der Waals surface area contributed by atoms with E-state index >= 15 is 0 Å². The smallest absolute Gasteiger partial charge is 0.340 e. The van der Waals surface area contributed by atoms with Crippen molar-refractivity contribution in [1.29, 1.82) is 0 Å². The highest BCUT2D eigenvalue weighted by Crippen LogP contribution is 2.32. The number of H-pyrrole nitrogens is 1. The van der Waals surface area contributed by atoms with E-state index in [1.807, 2.05) is 56.5 Å². The second kappa shape index (κ2) is 7.84. The zero-order valence-corrected chi connectivity index (χ0v) is 17.8. The first kappa shape index (κ1) is 20.0. The lowest BCUT2D eigenvalue weighted by molar-refractivity contribution is 0.00701. The molecule has 0 bridgehead atoms. The number of nitrogens with one attached hydrogen (secondary N) is 2. The number of allylic oxidation sites excluding steroid dienone is 3. The molecular formula is C23H22N4O2S. The van der Waals surface area contributed by atoms with Crippen LogP contribution >= 0.6 is 11.8 Å². The summed E-state index contributed by atoms with van der Waals surface area (Å²) in [5.74, 6) is 0.300. The highest BCUT2D eigenvalue weighted by molar-refractivity contribution is 8.06. The van der Waals surface area contributed by atoms with E-state index in [-0.39, 0.29) is 0 Å². The zero-order valence-electron chi connectivity index (χ0n) is 17.0. The number of ether oxygens (including phenoxy) is 1. The molecule has 152 valence electrons. The Bertz CT molecular complexity index is 1200. The van der Waals surface area contributed by atoms with Gasteiger partial charge in [-0.1, -0.05) is 24.4 Å². The van der Waals surface area contributed by atoms with Gasteiger partial charge in [-0.3, -0.25) is 10.1 Å². The van der Waals surface area contributed by atoms with Crippen molar-refractivity contribution in [2.24, 2.45) is 0 Å². The maximum Gasteiger partial charge on any atom is 0.340 e. The number of carbonyl (C=O) groups is 1. The van der Waals surface area contributed by atoms with Crippen molar-refractivity contribution < 1.29 is 9.53 Å². The number of nitrogens with zero attached hydrogens (tertiary/aromatic N) is 2. The van der Waals surface area contributed by atoms with Crippen molar-refractivity contribution in [3.05, 3.63) is 76.8 Å². The Labute approximate surface area is 179 Å². The maximum absolute atomic E-state index is 12.7. The summed E-state index contributed by atoms with van der Waals surface area (Å²) in [6, 6.07) is 9.28. The van der Waals surface area contributed by atoms with E-state index < -0.39 is 11.6 Å². The number of hydrogen-bond acceptors (Lipinski definition) is 6. The topological polar surface area (TPSA) is 79.9 Å². The SMILES string of the molecule is C=C1C=CSC(Nc2n[nH]c3ccc(-c4ncccc4C(=O)OC(C)(C)C)cc23)=C1. The van der Waals surface area contributed by atoms with Gasteiger partial charge in [-0.2, -0.15) is 5.10 Å². The lowest BCUT2D eigenvalue weighted by atomic mass is 10.0. The number of thioether (sulfide) groups is 1. The van der Waals surface area contributed by atoms with Gasteiger partial charge in [0, 0.05) is 17.1 Å². The van der Waals surface area contributed by atoms with Crippen LogP contribution in [-0.2, 0) is 4.74 Å². The number of anilines is 1. The lowest BCUT2D eigenvalue weighted by Crippen LogP contribution is -2.24. The Morgan fingerprint density at radius 2 is 2.10 bits per heavy atom. The minimum atomic E-state index is -0.584. The highest BCUT2D eigenvalue weighted by atomic mass is 32.2. The van der Waals surface area contributed by atoms with Gasteiger partial charge in [-0.05, 0) is 68.2 Å². The molecule has 2 N–H and O–H groups in total. The van der Waals surface area contributed by atoms with Gasteiger partial charge in [0.2, 0.25) is 0 Å². The fourth-order valence-electron chi connectivity index (χ4n) is 3.02. The zero-order chi connectivity index (χ0) is 21.3. The molecule has 1 aliphatic heterocycles. The van der Waals surface area contributed by atoms with Crippen molar-refractivity contribution in [2.75, 3.05) is 5.32 Å². The number of rotatable bonds is 4. The second-order valence-electron chi connectivity index (χ2n) is 7.86. The molecule has 0 saturated carbocycles. The summed E-state index contributed by atoms with van der Waals surface area (Å²) in [5.41, 5.74) is 3.03. The summed E-state index contributed by atoms with van der Waals surface area (Å²) < 4.78 is 5.56. The Morgan fingerprint density at radius 1 is 1.27 bits per heavy atom. The van der Waals surface area contributed by atoms with Crippen molar-refractivity contribution in [3.8, 4) is 11.3 Å². The molecule has 0 unspecified atom stereocenters. The number of esters is 1. The number of benzene rings is 1. The number of aromatic nitrogens is 3. The van der Waals surface area contributed by atoms with Gasteiger partial charge < -0.3 is 10.1 Å². The number of hydrogen-bond donors (Lipinski definition) is 2. The molecule has 7 heteroatoms. The van der Waals surface area contributed by atoms with E-state index in [1.54, 1.807) is 30.1 Å². The van der Waals surface area contributed by atoms with Crippen LogP contribution < -0.4 is 5.32 Å². The fourth-order valence-corrected chi connectivity index (χ4v) is 3.78. The molecule has 3 heterocycles. The molecular weight excluding hydrogens is 396 g/mol. The van der Waals surface area contributed by atoms with Crippen LogP contribution in [0.15, 0.2) is 71.3 Å². The fraction of sp³-hybridized carbons (Fsp3) is 0.174. The molecule has 1 aromatic carbocycles. The van der Waals surface area contributed by atoms with Gasteiger partial charge in [0.15, 0.2) is 5.82 Å². The Kier molecular flexibility index (Phi) is 5.22. The van der Waals surface area contributed by atoms with Gasteiger partial charge in [0.25, 0.3) is 0 Å². The lowest BCUT2D eigenvalue weighted by Gasteiger charge is -2.20. The van der Waals surface area contributed by atoms with E-state index in [9.17, 15) is 4.79 Å². The molecule has 2 aromatic heterocycles. The third kappa shape index (κ3) is 4.31. The molecule has 0 spiro atoms. The average Bonchev–Trinajstić information content (AvgIpc) is 3.09. The third-order valence-corrected chi connectivity index (χ3v) is 5.04. The molecule has 30 heavy (non-hydrogen) atoms. The summed E-state index contributed by atoms with van der Waals surface area (Å²) in [6.07, 6.45) is 5.59. The largest absolute Gasteiger partial charge is 0.456 e. The molecule has 1 aliphatic rings. The Morgan fingerprint density at radius 3 is 2.87 bits per heavy atom. The van der Waals surface area contributed by atoms with E-state index in [4.69, 9.17) is 4.74 Å². The number of aromatic amines is 1.